The average Bonchev–Trinajstić information content (AvgIpc) is 3.45. The van der Waals surface area contributed by atoms with Crippen LogP contribution in [0.25, 0.3) is 21.4 Å². The Morgan fingerprint density at radius 2 is 2.24 bits per heavy atom. The molecule has 1 aliphatic rings. The first-order valence-corrected chi connectivity index (χ1v) is 11.5. The van der Waals surface area contributed by atoms with E-state index in [4.69, 9.17) is 4.98 Å². The summed E-state index contributed by atoms with van der Waals surface area (Å²) in [4.78, 5) is 23.4. The fourth-order valence-corrected chi connectivity index (χ4v) is 5.08. The first-order chi connectivity index (χ1) is 16.0. The molecule has 4 aromatic heterocycles. The molecule has 0 spiro atoms. The van der Waals surface area contributed by atoms with Crippen molar-refractivity contribution in [2.75, 3.05) is 6.54 Å². The smallest absolute Gasteiger partial charge is 0.230 e. The van der Waals surface area contributed by atoms with Gasteiger partial charge in [0.15, 0.2) is 11.6 Å². The van der Waals surface area contributed by atoms with Crippen LogP contribution in [-0.4, -0.2) is 49.4 Å². The van der Waals surface area contributed by atoms with Gasteiger partial charge in [0.05, 0.1) is 23.2 Å². The van der Waals surface area contributed by atoms with Crippen molar-refractivity contribution in [2.24, 2.45) is 17.3 Å². The maximum absolute atomic E-state index is 13.4. The van der Waals surface area contributed by atoms with E-state index >= 15 is 0 Å². The van der Waals surface area contributed by atoms with Crippen LogP contribution in [0.4, 0.5) is 4.39 Å². The molecule has 0 saturated heterocycles. The minimum atomic E-state index is -0.445. The number of carbonyl (C=O) groups excluding carboxylic acids is 1. The number of aromatic amines is 1. The molecule has 5 heterocycles. The predicted octanol–water partition coefficient (Wildman–Crippen LogP) is 3.23. The quantitative estimate of drug-likeness (QED) is 0.248. The number of carbonyl (C=O) groups is 1. The van der Waals surface area contributed by atoms with Gasteiger partial charge in [0.1, 0.15) is 10.7 Å². The summed E-state index contributed by atoms with van der Waals surface area (Å²) in [7, 11) is 1.98. The van der Waals surface area contributed by atoms with Crippen LogP contribution in [-0.2, 0) is 24.8 Å². The van der Waals surface area contributed by atoms with E-state index in [2.05, 4.69) is 25.6 Å². The zero-order valence-corrected chi connectivity index (χ0v) is 19.1. The van der Waals surface area contributed by atoms with Gasteiger partial charge in [-0.3, -0.25) is 4.79 Å². The van der Waals surface area contributed by atoms with E-state index in [-0.39, 0.29) is 6.54 Å². The van der Waals surface area contributed by atoms with E-state index in [0.717, 1.165) is 58.1 Å². The lowest BCUT2D eigenvalue weighted by molar-refractivity contribution is -0.118. The van der Waals surface area contributed by atoms with Crippen molar-refractivity contribution >= 4 is 51.1 Å². The highest BCUT2D eigenvalue weighted by Gasteiger charge is 2.18. The molecule has 5 rings (SSSR count). The number of amides is 1. The number of hydrazone groups is 2. The third-order valence-electron chi connectivity index (χ3n) is 5.74. The van der Waals surface area contributed by atoms with Crippen LogP contribution in [0, 0.1) is 12.9 Å². The molecule has 0 fully saturated rings. The molecule has 0 saturated carbocycles. The SMILES string of the molecule is Cc1c(/C=N\N(C=O)Cc2ccc3cc(F)[nH]c3n2)c2sc(CC3=NNCCC3)nc2n1C. The van der Waals surface area contributed by atoms with E-state index in [1.165, 1.54) is 11.1 Å². The maximum atomic E-state index is 13.4. The third kappa shape index (κ3) is 4.23. The van der Waals surface area contributed by atoms with Gasteiger partial charge in [0.25, 0.3) is 0 Å². The second kappa shape index (κ2) is 8.74. The van der Waals surface area contributed by atoms with Gasteiger partial charge in [0, 0.05) is 48.4 Å². The van der Waals surface area contributed by atoms with Crippen molar-refractivity contribution in [3.8, 4) is 0 Å². The molecule has 33 heavy (non-hydrogen) atoms. The largest absolute Gasteiger partial charge is 0.332 e. The molecule has 11 heteroatoms. The minimum Gasteiger partial charge on any atom is -0.332 e. The molecule has 1 aliphatic heterocycles. The highest BCUT2D eigenvalue weighted by Crippen LogP contribution is 2.30. The molecule has 0 unspecified atom stereocenters. The normalized spacial score (nSPS) is 14.2. The summed E-state index contributed by atoms with van der Waals surface area (Å²) in [5, 5.41) is 11.7. The van der Waals surface area contributed by atoms with Gasteiger partial charge in [-0.2, -0.15) is 14.6 Å². The van der Waals surface area contributed by atoms with Crippen molar-refractivity contribution in [3.05, 3.63) is 46.1 Å². The Balaban J connectivity index is 1.38. The first-order valence-electron chi connectivity index (χ1n) is 10.6. The highest BCUT2D eigenvalue weighted by molar-refractivity contribution is 7.19. The number of thiazole rings is 1. The van der Waals surface area contributed by atoms with Crippen LogP contribution in [0.5, 0.6) is 0 Å². The summed E-state index contributed by atoms with van der Waals surface area (Å²) < 4.78 is 16.5. The Kier molecular flexibility index (Phi) is 5.63. The van der Waals surface area contributed by atoms with Gasteiger partial charge < -0.3 is 15.0 Å². The summed E-state index contributed by atoms with van der Waals surface area (Å²) in [6, 6.07) is 4.90. The van der Waals surface area contributed by atoms with Gasteiger partial charge in [-0.05, 0) is 31.9 Å². The fourth-order valence-electron chi connectivity index (χ4n) is 3.89. The summed E-state index contributed by atoms with van der Waals surface area (Å²) >= 11 is 1.63. The lowest BCUT2D eigenvalue weighted by Crippen LogP contribution is -2.20. The molecule has 170 valence electrons. The summed E-state index contributed by atoms with van der Waals surface area (Å²) in [5.74, 6) is -0.445. The van der Waals surface area contributed by atoms with Crippen LogP contribution in [0.3, 0.4) is 0 Å². The Morgan fingerprint density at radius 3 is 3.03 bits per heavy atom. The van der Waals surface area contributed by atoms with Crippen LogP contribution in [0.1, 0.15) is 34.8 Å². The zero-order chi connectivity index (χ0) is 22.9. The van der Waals surface area contributed by atoms with Crippen LogP contribution in [0.2, 0.25) is 0 Å². The van der Waals surface area contributed by atoms with Gasteiger partial charge in [0.2, 0.25) is 6.41 Å². The number of rotatable bonds is 7. The van der Waals surface area contributed by atoms with E-state index in [0.29, 0.717) is 23.1 Å². The number of aromatic nitrogens is 4. The summed E-state index contributed by atoms with van der Waals surface area (Å²) in [6.45, 7) is 3.10. The van der Waals surface area contributed by atoms with Gasteiger partial charge >= 0.3 is 0 Å². The number of nitrogens with zero attached hydrogens (tertiary/aromatic N) is 6. The topological polar surface area (TPSA) is 104 Å². The van der Waals surface area contributed by atoms with E-state index in [1.54, 1.807) is 29.7 Å². The summed E-state index contributed by atoms with van der Waals surface area (Å²) in [5.41, 5.74) is 8.07. The van der Waals surface area contributed by atoms with E-state index in [9.17, 15) is 9.18 Å². The molecular weight excluding hydrogens is 443 g/mol. The first kappa shape index (κ1) is 21.3. The number of aryl methyl sites for hydroxylation is 1. The number of pyridine rings is 1. The van der Waals surface area contributed by atoms with Gasteiger partial charge in [-0.15, -0.1) is 11.3 Å². The molecule has 9 nitrogen and oxygen atoms in total. The Bertz CT molecular complexity index is 1400. The Hall–Kier alpha value is -3.60. The number of fused-ring (bicyclic) bond motifs is 2. The second-order valence-corrected chi connectivity index (χ2v) is 9.07. The number of halogens is 1. The molecule has 1 amide bonds. The van der Waals surface area contributed by atoms with Gasteiger partial charge in [-0.25, -0.2) is 15.0 Å². The zero-order valence-electron chi connectivity index (χ0n) is 18.3. The van der Waals surface area contributed by atoms with Crippen molar-refractivity contribution in [1.29, 1.82) is 0 Å². The molecule has 0 aromatic carbocycles. The number of H-pyrrole nitrogens is 1. The molecule has 2 N–H and O–H groups in total. The van der Waals surface area contributed by atoms with Crippen LogP contribution < -0.4 is 5.43 Å². The van der Waals surface area contributed by atoms with Crippen LogP contribution >= 0.6 is 11.3 Å². The summed E-state index contributed by atoms with van der Waals surface area (Å²) in [6.07, 6.45) is 5.15. The number of hydrogen-bond donors (Lipinski definition) is 2. The third-order valence-corrected chi connectivity index (χ3v) is 6.82. The molecule has 0 bridgehead atoms. The number of hydrogen-bond acceptors (Lipinski definition) is 7. The van der Waals surface area contributed by atoms with Crippen molar-refractivity contribution in [2.45, 2.75) is 32.7 Å². The molecule has 0 aliphatic carbocycles. The van der Waals surface area contributed by atoms with Crippen molar-refractivity contribution in [3.63, 3.8) is 0 Å². The number of nitrogens with one attached hydrogen (secondary N) is 2. The molecule has 0 radical (unpaired) electrons. The Labute approximate surface area is 193 Å². The van der Waals surface area contributed by atoms with E-state index in [1.807, 2.05) is 18.5 Å². The highest BCUT2D eigenvalue weighted by atomic mass is 32.1. The fraction of sp³-hybridized carbons (Fsp3) is 0.318. The van der Waals surface area contributed by atoms with Crippen LogP contribution in [0.15, 0.2) is 28.4 Å². The Morgan fingerprint density at radius 1 is 1.36 bits per heavy atom. The lowest BCUT2D eigenvalue weighted by Gasteiger charge is -2.11. The van der Waals surface area contributed by atoms with Crippen molar-refractivity contribution < 1.29 is 9.18 Å². The molecular formula is C22H23FN8OS. The van der Waals surface area contributed by atoms with E-state index < -0.39 is 5.95 Å². The monoisotopic (exact) mass is 466 g/mol. The minimum absolute atomic E-state index is 0.173. The molecule has 0 atom stereocenters. The standard InChI is InChI=1S/C22H23FN8OS/c1-13-17(20-22(30(13)2)28-19(33-20)9-15-4-3-7-24-29-15)10-25-31(12-32)11-16-6-5-14-8-18(23)27-21(14)26-16/h5-6,8,10,12,24H,3-4,7,9,11H2,1-2H3,(H,26,27)/b25-10-. The van der Waals surface area contributed by atoms with Gasteiger partial charge in [-0.1, -0.05) is 0 Å². The predicted molar refractivity (Wildman–Crippen MR) is 127 cm³/mol. The average molecular weight is 467 g/mol. The second-order valence-electron chi connectivity index (χ2n) is 7.99. The lowest BCUT2D eigenvalue weighted by atomic mass is 10.1. The van der Waals surface area contributed by atoms with Crippen molar-refractivity contribution in [1.82, 2.24) is 30.0 Å². The maximum Gasteiger partial charge on any atom is 0.230 e. The molecule has 4 aromatic rings.